The van der Waals surface area contributed by atoms with Crippen molar-refractivity contribution in [2.24, 2.45) is 0 Å². The van der Waals surface area contributed by atoms with E-state index in [9.17, 15) is 12.8 Å². The number of benzene rings is 2. The lowest BCUT2D eigenvalue weighted by atomic mass is 10.3. The van der Waals surface area contributed by atoms with Gasteiger partial charge < -0.3 is 4.74 Å². The Labute approximate surface area is 162 Å². The number of sulfonamides is 1. The van der Waals surface area contributed by atoms with Crippen LogP contribution in [0.25, 0.3) is 0 Å². The van der Waals surface area contributed by atoms with E-state index in [1.165, 1.54) is 17.3 Å². The van der Waals surface area contributed by atoms with Crippen LogP contribution in [-0.2, 0) is 10.0 Å². The van der Waals surface area contributed by atoms with Crippen LogP contribution in [0.4, 0.5) is 9.52 Å². The van der Waals surface area contributed by atoms with Gasteiger partial charge in [0.1, 0.15) is 22.0 Å². The summed E-state index contributed by atoms with van der Waals surface area (Å²) < 4.78 is 46.3. The Balaban J connectivity index is 1.87. The van der Waals surface area contributed by atoms with Crippen LogP contribution in [0.15, 0.2) is 56.6 Å². The maximum Gasteiger partial charge on any atom is 0.266 e. The zero-order chi connectivity index (χ0) is 18.7. The predicted octanol–water partition coefficient (Wildman–Crippen LogP) is 4.29. The Morgan fingerprint density at radius 3 is 2.62 bits per heavy atom. The summed E-state index contributed by atoms with van der Waals surface area (Å²) in [5.74, 6) is -0.224. The van der Waals surface area contributed by atoms with Crippen molar-refractivity contribution in [3.8, 4) is 5.75 Å². The molecule has 0 saturated carbocycles. The quantitative estimate of drug-likeness (QED) is 0.627. The maximum atomic E-state index is 14.4. The number of nitrogens with one attached hydrogen (secondary N) is 1. The van der Waals surface area contributed by atoms with Crippen molar-refractivity contribution in [2.45, 2.75) is 14.7 Å². The highest BCUT2D eigenvalue weighted by Crippen LogP contribution is 2.36. The number of halogens is 2. The van der Waals surface area contributed by atoms with E-state index in [2.05, 4.69) is 14.9 Å². The molecule has 136 valence electrons. The van der Waals surface area contributed by atoms with Crippen LogP contribution < -0.4 is 9.46 Å². The van der Waals surface area contributed by atoms with Crippen molar-refractivity contribution in [2.75, 3.05) is 11.8 Å². The lowest BCUT2D eigenvalue weighted by molar-refractivity contribution is 0.414. The first-order valence-corrected chi connectivity index (χ1v) is 10.5. The molecule has 0 saturated heterocycles. The molecule has 0 unspecified atom stereocenters. The molecule has 2 aromatic carbocycles. The topological polar surface area (TPSA) is 81.2 Å². The molecule has 0 aliphatic carbocycles. The van der Waals surface area contributed by atoms with Gasteiger partial charge >= 0.3 is 0 Å². The first-order chi connectivity index (χ1) is 12.4. The predicted molar refractivity (Wildman–Crippen MR) is 99.2 cm³/mol. The molecule has 0 atom stereocenters. The monoisotopic (exact) mass is 431 g/mol. The lowest BCUT2D eigenvalue weighted by Crippen LogP contribution is -2.14. The molecule has 11 heteroatoms. The number of hydrogen-bond donors (Lipinski definition) is 1. The smallest absolute Gasteiger partial charge is 0.266 e. The van der Waals surface area contributed by atoms with Crippen LogP contribution in [0.3, 0.4) is 0 Å². The fourth-order valence-electron chi connectivity index (χ4n) is 1.95. The maximum absolute atomic E-state index is 14.4. The standard InChI is InChI=1S/C15H11ClFN3O3S3/c1-23-9-2-4-10(5-3-9)25-13-7-12(17)14(6-11(13)16)26(21,22)20-15-19-18-8-24-15/h2-8H,1H3,(H,19,20). The molecular weight excluding hydrogens is 421 g/mol. The number of hydrogen-bond acceptors (Lipinski definition) is 7. The van der Waals surface area contributed by atoms with Gasteiger partial charge in [-0.1, -0.05) is 34.7 Å². The van der Waals surface area contributed by atoms with E-state index >= 15 is 0 Å². The van der Waals surface area contributed by atoms with Gasteiger partial charge in [0, 0.05) is 9.79 Å². The lowest BCUT2D eigenvalue weighted by Gasteiger charge is -2.10. The first-order valence-electron chi connectivity index (χ1n) is 6.99. The van der Waals surface area contributed by atoms with Crippen LogP contribution in [0.1, 0.15) is 0 Å². The van der Waals surface area contributed by atoms with E-state index < -0.39 is 20.7 Å². The number of ether oxygens (including phenoxy) is 1. The van der Waals surface area contributed by atoms with E-state index in [0.29, 0.717) is 10.6 Å². The number of anilines is 1. The molecule has 0 amide bonds. The molecule has 1 aromatic heterocycles. The van der Waals surface area contributed by atoms with Gasteiger partial charge in [0.15, 0.2) is 0 Å². The van der Waals surface area contributed by atoms with E-state index in [1.807, 2.05) is 0 Å². The third-order valence-corrected chi connectivity index (χ3v) is 6.73. The normalized spacial score (nSPS) is 11.3. The summed E-state index contributed by atoms with van der Waals surface area (Å²) >= 11 is 8.36. The molecule has 0 aliphatic heterocycles. The molecule has 0 aliphatic rings. The van der Waals surface area contributed by atoms with Crippen LogP contribution in [0.2, 0.25) is 5.02 Å². The number of methoxy groups -OCH3 is 1. The van der Waals surface area contributed by atoms with Crippen LogP contribution >= 0.6 is 34.7 Å². The largest absolute Gasteiger partial charge is 0.497 e. The molecule has 1 N–H and O–H groups in total. The second kappa shape index (κ2) is 7.78. The Kier molecular flexibility index (Phi) is 5.66. The molecule has 0 radical (unpaired) electrons. The van der Waals surface area contributed by atoms with Gasteiger partial charge in [0.25, 0.3) is 10.0 Å². The van der Waals surface area contributed by atoms with E-state index in [-0.39, 0.29) is 10.2 Å². The van der Waals surface area contributed by atoms with Crippen LogP contribution in [0.5, 0.6) is 5.75 Å². The van der Waals surface area contributed by atoms with Crippen LogP contribution in [0, 0.1) is 5.82 Å². The minimum absolute atomic E-state index is 0.0391. The Morgan fingerprint density at radius 2 is 2.00 bits per heavy atom. The number of aromatic nitrogens is 2. The van der Waals surface area contributed by atoms with E-state index in [4.69, 9.17) is 16.3 Å². The first kappa shape index (κ1) is 18.9. The molecule has 0 fully saturated rings. The Bertz CT molecular complexity index is 1010. The summed E-state index contributed by atoms with van der Waals surface area (Å²) in [6, 6.07) is 9.27. The third kappa shape index (κ3) is 4.26. The summed E-state index contributed by atoms with van der Waals surface area (Å²) in [5.41, 5.74) is 1.36. The molecule has 3 rings (SSSR count). The Hall–Kier alpha value is -1.88. The van der Waals surface area contributed by atoms with E-state index in [0.717, 1.165) is 28.4 Å². The Morgan fingerprint density at radius 1 is 1.27 bits per heavy atom. The van der Waals surface area contributed by atoms with Crippen LogP contribution in [-0.4, -0.2) is 25.7 Å². The summed E-state index contributed by atoms with van der Waals surface area (Å²) in [6.45, 7) is 0. The van der Waals surface area contributed by atoms with Gasteiger partial charge in [-0.2, -0.15) is 0 Å². The minimum Gasteiger partial charge on any atom is -0.497 e. The summed E-state index contributed by atoms with van der Waals surface area (Å²) in [7, 11) is -2.60. The number of nitrogens with zero attached hydrogens (tertiary/aromatic N) is 2. The second-order valence-corrected chi connectivity index (χ2v) is 8.85. The molecule has 0 spiro atoms. The summed E-state index contributed by atoms with van der Waals surface area (Å²) in [5, 5.41) is 7.25. The highest BCUT2D eigenvalue weighted by molar-refractivity contribution is 7.99. The fraction of sp³-hybridized carbons (Fsp3) is 0.0667. The summed E-state index contributed by atoms with van der Waals surface area (Å²) in [6.07, 6.45) is 0. The third-order valence-electron chi connectivity index (χ3n) is 3.14. The van der Waals surface area contributed by atoms with Gasteiger partial charge in [-0.15, -0.1) is 10.2 Å². The van der Waals surface area contributed by atoms with Gasteiger partial charge in [0.05, 0.1) is 12.1 Å². The molecule has 26 heavy (non-hydrogen) atoms. The van der Waals surface area contributed by atoms with Crippen molar-refractivity contribution in [3.05, 3.63) is 52.7 Å². The zero-order valence-electron chi connectivity index (χ0n) is 13.1. The molecule has 3 aromatic rings. The molecule has 0 bridgehead atoms. The van der Waals surface area contributed by atoms with Gasteiger partial charge in [-0.05, 0) is 36.4 Å². The molecule has 1 heterocycles. The SMILES string of the molecule is COc1ccc(Sc2cc(F)c(S(=O)(=O)Nc3nncs3)cc2Cl)cc1. The summed E-state index contributed by atoms with van der Waals surface area (Å²) in [4.78, 5) is 0.635. The average Bonchev–Trinajstić information content (AvgIpc) is 3.10. The highest BCUT2D eigenvalue weighted by Gasteiger charge is 2.23. The minimum atomic E-state index is -4.16. The van der Waals surface area contributed by atoms with Crippen molar-refractivity contribution in [1.29, 1.82) is 0 Å². The van der Waals surface area contributed by atoms with Gasteiger partial charge in [0.2, 0.25) is 5.13 Å². The molecule has 6 nitrogen and oxygen atoms in total. The van der Waals surface area contributed by atoms with Crippen molar-refractivity contribution in [3.63, 3.8) is 0 Å². The zero-order valence-corrected chi connectivity index (χ0v) is 16.3. The molecular formula is C15H11ClFN3O3S3. The van der Waals surface area contributed by atoms with Crippen molar-refractivity contribution >= 4 is 49.9 Å². The number of rotatable bonds is 6. The second-order valence-electron chi connectivity index (χ2n) is 4.84. The fourth-order valence-corrected chi connectivity index (χ4v) is 4.92. The van der Waals surface area contributed by atoms with Crippen molar-refractivity contribution < 1.29 is 17.5 Å². The van der Waals surface area contributed by atoms with Crippen molar-refractivity contribution in [1.82, 2.24) is 10.2 Å². The average molecular weight is 432 g/mol. The van der Waals surface area contributed by atoms with Gasteiger partial charge in [-0.3, -0.25) is 4.72 Å². The van der Waals surface area contributed by atoms with Gasteiger partial charge in [-0.25, -0.2) is 12.8 Å². The highest BCUT2D eigenvalue weighted by atomic mass is 35.5. The van der Waals surface area contributed by atoms with E-state index in [1.54, 1.807) is 31.4 Å².